The Morgan fingerprint density at radius 1 is 1.40 bits per heavy atom. The minimum absolute atomic E-state index is 0.0188. The first-order valence-corrected chi connectivity index (χ1v) is 6.36. The molecule has 0 aromatic heterocycles. The maximum Gasteiger partial charge on any atom is 0.407 e. The van der Waals surface area contributed by atoms with E-state index in [1.54, 1.807) is 12.1 Å². The van der Waals surface area contributed by atoms with Crippen LogP contribution >= 0.6 is 0 Å². The molecule has 0 saturated heterocycles. The molecule has 0 radical (unpaired) electrons. The van der Waals surface area contributed by atoms with Gasteiger partial charge in [-0.15, -0.1) is 0 Å². The fourth-order valence-electron chi connectivity index (χ4n) is 1.53. The van der Waals surface area contributed by atoms with Crippen LogP contribution in [0, 0.1) is 5.41 Å². The Morgan fingerprint density at radius 3 is 2.65 bits per heavy atom. The van der Waals surface area contributed by atoms with Crippen LogP contribution in [0.15, 0.2) is 30.3 Å². The zero-order valence-corrected chi connectivity index (χ0v) is 12.1. The van der Waals surface area contributed by atoms with E-state index in [0.717, 1.165) is 5.56 Å². The number of hydrogen-bond acceptors (Lipinski definition) is 3. The van der Waals surface area contributed by atoms with Crippen LogP contribution < -0.4 is 11.1 Å². The lowest BCUT2D eigenvalue weighted by atomic mass is 10.1. The van der Waals surface area contributed by atoms with Crippen molar-refractivity contribution in [2.75, 3.05) is 6.54 Å². The standard InChI is InChI=1S/C15H21N3O2/c1-15(2,3)20-14(19)18-10-6-8-11-7-4-5-9-12(11)13(16)17/h4-9H,10H2,1-3H3,(H3,16,17)(H,18,19). The highest BCUT2D eigenvalue weighted by molar-refractivity contribution is 5.98. The molecular weight excluding hydrogens is 254 g/mol. The lowest BCUT2D eigenvalue weighted by Crippen LogP contribution is -2.32. The average molecular weight is 275 g/mol. The molecular formula is C15H21N3O2. The summed E-state index contributed by atoms with van der Waals surface area (Å²) in [6.07, 6.45) is 3.14. The number of benzene rings is 1. The SMILES string of the molecule is CC(C)(C)OC(=O)NCC=Cc1ccccc1C(=N)N. The molecule has 0 aliphatic rings. The van der Waals surface area contributed by atoms with Crippen LogP contribution in [0.5, 0.6) is 0 Å². The van der Waals surface area contributed by atoms with E-state index in [-0.39, 0.29) is 5.84 Å². The van der Waals surface area contributed by atoms with Crippen molar-refractivity contribution in [3.8, 4) is 0 Å². The highest BCUT2D eigenvalue weighted by atomic mass is 16.6. The summed E-state index contributed by atoms with van der Waals surface area (Å²) in [7, 11) is 0. The second-order valence-corrected chi connectivity index (χ2v) is 5.29. The van der Waals surface area contributed by atoms with Gasteiger partial charge >= 0.3 is 6.09 Å². The summed E-state index contributed by atoms with van der Waals surface area (Å²) in [5.74, 6) is 0.0188. The van der Waals surface area contributed by atoms with Gasteiger partial charge in [-0.2, -0.15) is 0 Å². The highest BCUT2D eigenvalue weighted by Crippen LogP contribution is 2.10. The molecule has 0 fully saturated rings. The summed E-state index contributed by atoms with van der Waals surface area (Å²) in [5.41, 5.74) is 6.50. The van der Waals surface area contributed by atoms with E-state index in [1.807, 2.05) is 45.0 Å². The Hall–Kier alpha value is -2.30. The Labute approximate surface area is 119 Å². The molecule has 0 atom stereocenters. The van der Waals surface area contributed by atoms with Crippen LogP contribution in [0.2, 0.25) is 0 Å². The lowest BCUT2D eigenvalue weighted by molar-refractivity contribution is 0.0534. The number of amides is 1. The van der Waals surface area contributed by atoms with Crippen molar-refractivity contribution >= 4 is 18.0 Å². The topological polar surface area (TPSA) is 88.2 Å². The van der Waals surface area contributed by atoms with Gasteiger partial charge in [0.15, 0.2) is 0 Å². The number of hydrogen-bond donors (Lipinski definition) is 3. The summed E-state index contributed by atoms with van der Waals surface area (Å²) in [5, 5.41) is 10.1. The van der Waals surface area contributed by atoms with Gasteiger partial charge in [0.05, 0.1) is 0 Å². The minimum atomic E-state index is -0.505. The molecule has 20 heavy (non-hydrogen) atoms. The first kappa shape index (κ1) is 15.8. The smallest absolute Gasteiger partial charge is 0.407 e. The van der Waals surface area contributed by atoms with Crippen LogP contribution in [0.25, 0.3) is 6.08 Å². The minimum Gasteiger partial charge on any atom is -0.444 e. The van der Waals surface area contributed by atoms with E-state index < -0.39 is 11.7 Å². The van der Waals surface area contributed by atoms with Crippen LogP contribution in [0.4, 0.5) is 4.79 Å². The largest absolute Gasteiger partial charge is 0.444 e. The summed E-state index contributed by atoms with van der Waals surface area (Å²) in [4.78, 5) is 11.4. The third-order valence-corrected chi connectivity index (χ3v) is 2.31. The van der Waals surface area contributed by atoms with Crippen molar-refractivity contribution in [3.63, 3.8) is 0 Å². The first-order chi connectivity index (χ1) is 9.29. The van der Waals surface area contributed by atoms with Crippen LogP contribution in [-0.2, 0) is 4.74 Å². The summed E-state index contributed by atoms with van der Waals surface area (Å²) in [6.45, 7) is 5.78. The third kappa shape index (κ3) is 5.56. The van der Waals surface area contributed by atoms with Gasteiger partial charge in [0.2, 0.25) is 0 Å². The van der Waals surface area contributed by atoms with E-state index in [2.05, 4.69) is 5.32 Å². The maximum absolute atomic E-state index is 11.4. The lowest BCUT2D eigenvalue weighted by Gasteiger charge is -2.19. The molecule has 1 rings (SSSR count). The van der Waals surface area contributed by atoms with Crippen LogP contribution in [0.1, 0.15) is 31.9 Å². The van der Waals surface area contributed by atoms with Crippen LogP contribution in [0.3, 0.4) is 0 Å². The molecule has 1 amide bonds. The molecule has 1 aromatic carbocycles. The molecule has 5 heteroatoms. The second-order valence-electron chi connectivity index (χ2n) is 5.29. The number of carbonyl (C=O) groups excluding carboxylic acids is 1. The molecule has 0 unspecified atom stereocenters. The number of nitrogens with two attached hydrogens (primary N) is 1. The van der Waals surface area contributed by atoms with E-state index in [9.17, 15) is 4.79 Å². The number of carbonyl (C=O) groups is 1. The fraction of sp³-hybridized carbons (Fsp3) is 0.333. The first-order valence-electron chi connectivity index (χ1n) is 6.36. The highest BCUT2D eigenvalue weighted by Gasteiger charge is 2.14. The number of ether oxygens (including phenoxy) is 1. The normalized spacial score (nSPS) is 11.3. The Morgan fingerprint density at radius 2 is 2.05 bits per heavy atom. The average Bonchev–Trinajstić information content (AvgIpc) is 2.33. The Kier molecular flexibility index (Phi) is 5.32. The molecule has 0 aliphatic carbocycles. The Bertz CT molecular complexity index is 516. The summed E-state index contributed by atoms with van der Waals surface area (Å²) >= 11 is 0. The molecule has 108 valence electrons. The van der Waals surface area contributed by atoms with Crippen molar-refractivity contribution in [2.24, 2.45) is 5.73 Å². The van der Waals surface area contributed by atoms with Crippen molar-refractivity contribution < 1.29 is 9.53 Å². The van der Waals surface area contributed by atoms with Gasteiger partial charge in [-0.3, -0.25) is 5.41 Å². The van der Waals surface area contributed by atoms with Gasteiger partial charge in [0.1, 0.15) is 11.4 Å². The number of alkyl carbamates (subject to hydrolysis) is 1. The van der Waals surface area contributed by atoms with E-state index in [0.29, 0.717) is 12.1 Å². The van der Waals surface area contributed by atoms with Crippen molar-refractivity contribution in [3.05, 3.63) is 41.5 Å². The van der Waals surface area contributed by atoms with Gasteiger partial charge in [0, 0.05) is 12.1 Å². The Balaban J connectivity index is 2.54. The predicted molar refractivity (Wildman–Crippen MR) is 80.7 cm³/mol. The van der Waals surface area contributed by atoms with Gasteiger partial charge in [0.25, 0.3) is 0 Å². The molecule has 4 N–H and O–H groups in total. The fourth-order valence-corrected chi connectivity index (χ4v) is 1.53. The number of nitrogens with one attached hydrogen (secondary N) is 2. The van der Waals surface area contributed by atoms with Gasteiger partial charge in [-0.25, -0.2) is 4.79 Å². The molecule has 0 heterocycles. The summed E-state index contributed by atoms with van der Waals surface area (Å²) in [6, 6.07) is 7.34. The van der Waals surface area contributed by atoms with Crippen molar-refractivity contribution in [1.82, 2.24) is 5.32 Å². The van der Waals surface area contributed by atoms with Gasteiger partial charge < -0.3 is 15.8 Å². The molecule has 5 nitrogen and oxygen atoms in total. The van der Waals surface area contributed by atoms with Crippen molar-refractivity contribution in [1.29, 1.82) is 5.41 Å². The van der Waals surface area contributed by atoms with Gasteiger partial charge in [-0.05, 0) is 26.3 Å². The van der Waals surface area contributed by atoms with Crippen LogP contribution in [-0.4, -0.2) is 24.1 Å². The number of rotatable bonds is 4. The molecule has 0 aliphatic heterocycles. The van der Waals surface area contributed by atoms with Crippen molar-refractivity contribution in [2.45, 2.75) is 26.4 Å². The third-order valence-electron chi connectivity index (χ3n) is 2.31. The monoisotopic (exact) mass is 275 g/mol. The summed E-state index contributed by atoms with van der Waals surface area (Å²) < 4.78 is 5.11. The number of amidine groups is 1. The second kappa shape index (κ2) is 6.75. The quantitative estimate of drug-likeness (QED) is 0.582. The molecule has 0 saturated carbocycles. The predicted octanol–water partition coefficient (Wildman–Crippen LogP) is 2.51. The van der Waals surface area contributed by atoms with Gasteiger partial charge in [-0.1, -0.05) is 36.4 Å². The van der Waals surface area contributed by atoms with E-state index in [1.165, 1.54) is 0 Å². The maximum atomic E-state index is 11.4. The number of nitrogen functional groups attached to an aromatic ring is 1. The zero-order chi connectivity index (χ0) is 15.2. The van der Waals surface area contributed by atoms with E-state index >= 15 is 0 Å². The molecule has 1 aromatic rings. The molecule has 0 spiro atoms. The molecule has 0 bridgehead atoms. The zero-order valence-electron chi connectivity index (χ0n) is 12.1. The van der Waals surface area contributed by atoms with E-state index in [4.69, 9.17) is 15.9 Å².